The summed E-state index contributed by atoms with van der Waals surface area (Å²) in [5.41, 5.74) is 0. The lowest BCUT2D eigenvalue weighted by atomic mass is 10.3. The third-order valence-corrected chi connectivity index (χ3v) is 4.58. The molecular weight excluding hydrogens is 344 g/mol. The maximum absolute atomic E-state index is 12.1. The lowest BCUT2D eigenvalue weighted by molar-refractivity contribution is -0.123. The molecule has 7 nitrogen and oxygen atoms in total. The molecule has 0 fully saturated rings. The number of nitrogens with one attached hydrogen (secondary N) is 2. The van der Waals surface area contributed by atoms with Crippen molar-refractivity contribution in [1.82, 2.24) is 10.0 Å². The molecule has 0 radical (unpaired) electrons. The summed E-state index contributed by atoms with van der Waals surface area (Å²) in [6, 6.07) is 4.04. The van der Waals surface area contributed by atoms with Crippen molar-refractivity contribution in [3.8, 4) is 5.75 Å². The monoisotopic (exact) mass is 364 g/mol. The third-order valence-electron chi connectivity index (χ3n) is 2.83. The van der Waals surface area contributed by atoms with Crippen molar-refractivity contribution in [1.29, 1.82) is 0 Å². The standard InChI is InChI=1S/C14H21ClN2O5S/c1-2-3-6-17-23(20,21)11-4-5-13(12(15)9-11)22-10-14(19)16-7-8-18/h4-5,9,17-18H,2-3,6-8,10H2,1H3,(H,16,19). The van der Waals surface area contributed by atoms with Crippen molar-refractivity contribution < 1.29 is 23.1 Å². The zero-order valence-corrected chi connectivity index (χ0v) is 14.4. The number of hydrogen-bond acceptors (Lipinski definition) is 5. The molecule has 0 aliphatic rings. The Morgan fingerprint density at radius 2 is 2.09 bits per heavy atom. The smallest absolute Gasteiger partial charge is 0.258 e. The zero-order chi connectivity index (χ0) is 17.3. The summed E-state index contributed by atoms with van der Waals surface area (Å²) in [5.74, 6) is -0.202. The van der Waals surface area contributed by atoms with Crippen molar-refractivity contribution in [3.63, 3.8) is 0 Å². The molecule has 0 saturated carbocycles. The molecule has 0 aliphatic carbocycles. The minimum absolute atomic E-state index is 0.0377. The lowest BCUT2D eigenvalue weighted by Crippen LogP contribution is -2.31. The molecule has 0 aliphatic heterocycles. The molecule has 0 unspecified atom stereocenters. The highest BCUT2D eigenvalue weighted by atomic mass is 35.5. The summed E-state index contributed by atoms with van der Waals surface area (Å²) < 4.78 is 31.8. The van der Waals surface area contributed by atoms with Crippen LogP contribution in [0.5, 0.6) is 5.75 Å². The molecule has 130 valence electrons. The average molecular weight is 365 g/mol. The highest BCUT2D eigenvalue weighted by molar-refractivity contribution is 7.89. The minimum Gasteiger partial charge on any atom is -0.482 e. The predicted molar refractivity (Wildman–Crippen MR) is 87.1 cm³/mol. The Balaban J connectivity index is 2.68. The van der Waals surface area contributed by atoms with E-state index in [4.69, 9.17) is 21.4 Å². The SMILES string of the molecule is CCCCNS(=O)(=O)c1ccc(OCC(=O)NCCO)c(Cl)c1. The summed E-state index contributed by atoms with van der Waals surface area (Å²) in [4.78, 5) is 11.4. The Morgan fingerprint density at radius 1 is 1.35 bits per heavy atom. The highest BCUT2D eigenvalue weighted by Gasteiger charge is 2.16. The van der Waals surface area contributed by atoms with Gasteiger partial charge < -0.3 is 15.2 Å². The van der Waals surface area contributed by atoms with Gasteiger partial charge >= 0.3 is 0 Å². The number of rotatable bonds is 10. The molecule has 3 N–H and O–H groups in total. The molecule has 0 bridgehead atoms. The normalized spacial score (nSPS) is 11.3. The Morgan fingerprint density at radius 3 is 2.70 bits per heavy atom. The number of unbranched alkanes of at least 4 members (excludes halogenated alkanes) is 1. The second-order valence-electron chi connectivity index (χ2n) is 4.71. The van der Waals surface area contributed by atoms with Gasteiger partial charge in [-0.25, -0.2) is 13.1 Å². The van der Waals surface area contributed by atoms with Gasteiger partial charge in [-0.15, -0.1) is 0 Å². The van der Waals surface area contributed by atoms with Crippen LogP contribution in [0.3, 0.4) is 0 Å². The van der Waals surface area contributed by atoms with E-state index in [9.17, 15) is 13.2 Å². The van der Waals surface area contributed by atoms with Crippen LogP contribution in [0, 0.1) is 0 Å². The van der Waals surface area contributed by atoms with Crippen LogP contribution in [0.4, 0.5) is 0 Å². The fourth-order valence-corrected chi connectivity index (χ4v) is 3.02. The van der Waals surface area contributed by atoms with E-state index in [-0.39, 0.29) is 35.4 Å². The Hall–Kier alpha value is -1.35. The van der Waals surface area contributed by atoms with Gasteiger partial charge in [0.05, 0.1) is 16.5 Å². The second-order valence-corrected chi connectivity index (χ2v) is 6.88. The van der Waals surface area contributed by atoms with E-state index in [2.05, 4.69) is 10.0 Å². The number of sulfonamides is 1. The van der Waals surface area contributed by atoms with Gasteiger partial charge in [-0.05, 0) is 24.6 Å². The number of amides is 1. The molecule has 0 saturated heterocycles. The summed E-state index contributed by atoms with van der Waals surface area (Å²) >= 11 is 6.00. The molecule has 1 aromatic rings. The maximum Gasteiger partial charge on any atom is 0.258 e. The molecule has 0 atom stereocenters. The first-order valence-electron chi connectivity index (χ1n) is 7.20. The topological polar surface area (TPSA) is 105 Å². The lowest BCUT2D eigenvalue weighted by Gasteiger charge is -2.10. The van der Waals surface area contributed by atoms with Crippen LogP contribution in [-0.4, -0.2) is 45.7 Å². The van der Waals surface area contributed by atoms with Crippen LogP contribution in [-0.2, 0) is 14.8 Å². The van der Waals surface area contributed by atoms with Crippen molar-refractivity contribution in [2.45, 2.75) is 24.7 Å². The molecule has 0 heterocycles. The number of carbonyl (C=O) groups excluding carboxylic acids is 1. The van der Waals surface area contributed by atoms with E-state index in [0.717, 1.165) is 12.8 Å². The van der Waals surface area contributed by atoms with Gasteiger partial charge in [-0.2, -0.15) is 0 Å². The summed E-state index contributed by atoms with van der Waals surface area (Å²) in [6.45, 7) is 2.02. The van der Waals surface area contributed by atoms with E-state index < -0.39 is 15.9 Å². The van der Waals surface area contributed by atoms with Crippen LogP contribution in [0.1, 0.15) is 19.8 Å². The molecule has 0 spiro atoms. The average Bonchev–Trinajstić information content (AvgIpc) is 2.51. The minimum atomic E-state index is -3.61. The molecule has 1 amide bonds. The number of carbonyl (C=O) groups is 1. The predicted octanol–water partition coefficient (Wildman–Crippen LogP) is 0.906. The van der Waals surface area contributed by atoms with Crippen LogP contribution < -0.4 is 14.8 Å². The molecular formula is C14H21ClN2O5S. The quantitative estimate of drug-likeness (QED) is 0.535. The molecule has 0 aromatic heterocycles. The van der Waals surface area contributed by atoms with E-state index >= 15 is 0 Å². The van der Waals surface area contributed by atoms with Crippen molar-refractivity contribution >= 4 is 27.5 Å². The van der Waals surface area contributed by atoms with Crippen LogP contribution in [0.15, 0.2) is 23.1 Å². The molecule has 1 rings (SSSR count). The maximum atomic E-state index is 12.1. The summed E-state index contributed by atoms with van der Waals surface area (Å²) in [5, 5.41) is 11.1. The van der Waals surface area contributed by atoms with Crippen LogP contribution in [0.2, 0.25) is 5.02 Å². The molecule has 1 aromatic carbocycles. The van der Waals surface area contributed by atoms with Gasteiger partial charge in [0.25, 0.3) is 5.91 Å². The van der Waals surface area contributed by atoms with Gasteiger partial charge in [0.2, 0.25) is 10.0 Å². The van der Waals surface area contributed by atoms with E-state index in [0.29, 0.717) is 6.54 Å². The summed E-state index contributed by atoms with van der Waals surface area (Å²) in [7, 11) is -3.61. The third kappa shape index (κ3) is 6.74. The Bertz CT molecular complexity index is 622. The number of halogens is 1. The fraction of sp³-hybridized carbons (Fsp3) is 0.500. The number of aliphatic hydroxyl groups is 1. The van der Waals surface area contributed by atoms with E-state index in [1.165, 1.54) is 18.2 Å². The van der Waals surface area contributed by atoms with Crippen molar-refractivity contribution in [2.75, 3.05) is 26.3 Å². The van der Waals surface area contributed by atoms with E-state index in [1.54, 1.807) is 0 Å². The number of benzene rings is 1. The first-order chi connectivity index (χ1) is 10.9. The zero-order valence-electron chi connectivity index (χ0n) is 12.8. The Kier molecular flexibility index (Phi) is 8.32. The van der Waals surface area contributed by atoms with Crippen LogP contribution in [0.25, 0.3) is 0 Å². The van der Waals surface area contributed by atoms with E-state index in [1.807, 2.05) is 6.92 Å². The summed E-state index contributed by atoms with van der Waals surface area (Å²) in [6.07, 6.45) is 1.63. The highest BCUT2D eigenvalue weighted by Crippen LogP contribution is 2.27. The van der Waals surface area contributed by atoms with Gasteiger partial charge in [-0.3, -0.25) is 4.79 Å². The van der Waals surface area contributed by atoms with Gasteiger partial charge in [0.15, 0.2) is 6.61 Å². The number of ether oxygens (including phenoxy) is 1. The van der Waals surface area contributed by atoms with Gasteiger partial charge in [0, 0.05) is 13.1 Å². The Labute approximate surface area is 141 Å². The first-order valence-corrected chi connectivity index (χ1v) is 9.06. The molecule has 23 heavy (non-hydrogen) atoms. The van der Waals surface area contributed by atoms with Crippen LogP contribution >= 0.6 is 11.6 Å². The van der Waals surface area contributed by atoms with Gasteiger partial charge in [0.1, 0.15) is 5.75 Å². The van der Waals surface area contributed by atoms with Crippen molar-refractivity contribution in [2.24, 2.45) is 0 Å². The fourth-order valence-electron chi connectivity index (χ4n) is 1.62. The van der Waals surface area contributed by atoms with Gasteiger partial charge in [-0.1, -0.05) is 24.9 Å². The largest absolute Gasteiger partial charge is 0.482 e. The first kappa shape index (κ1) is 19.7. The molecule has 9 heteroatoms. The van der Waals surface area contributed by atoms with Crippen molar-refractivity contribution in [3.05, 3.63) is 23.2 Å². The number of aliphatic hydroxyl groups excluding tert-OH is 1. The number of hydrogen-bond donors (Lipinski definition) is 3. The second kappa shape index (κ2) is 9.71.